The second-order valence-corrected chi connectivity index (χ2v) is 9.90. The maximum Gasteiger partial charge on any atom is 0.239 e. The molecule has 8 nitrogen and oxygen atoms in total. The van der Waals surface area contributed by atoms with Crippen LogP contribution >= 0.6 is 0 Å². The molecule has 1 saturated heterocycles. The molecule has 1 N–H and O–H groups in total. The zero-order valence-corrected chi connectivity index (χ0v) is 20.9. The molecule has 0 bridgehead atoms. The van der Waals surface area contributed by atoms with Gasteiger partial charge in [0.2, 0.25) is 5.91 Å². The van der Waals surface area contributed by atoms with E-state index < -0.39 is 0 Å². The van der Waals surface area contributed by atoms with Crippen LogP contribution in [0.15, 0.2) is 18.3 Å². The zero-order chi connectivity index (χ0) is 24.0. The Balaban J connectivity index is 0.000000442. The lowest BCUT2D eigenvalue weighted by atomic mass is 10.1. The molecule has 0 spiro atoms. The molecule has 1 amide bonds. The molecule has 1 fully saturated rings. The lowest BCUT2D eigenvalue weighted by Crippen LogP contribution is -2.45. The summed E-state index contributed by atoms with van der Waals surface area (Å²) in [5.74, 6) is 2.05. The number of fused-ring (bicyclic) bond motifs is 1. The minimum Gasteiger partial charge on any atom is -0.497 e. The summed E-state index contributed by atoms with van der Waals surface area (Å²) >= 11 is 0. The Morgan fingerprint density at radius 2 is 1.91 bits per heavy atom. The van der Waals surface area contributed by atoms with Gasteiger partial charge >= 0.3 is 0 Å². The van der Waals surface area contributed by atoms with Gasteiger partial charge in [0.25, 0.3) is 0 Å². The Morgan fingerprint density at radius 1 is 1.18 bits per heavy atom. The first kappa shape index (κ1) is 24.9. The Bertz CT molecular complexity index is 950. The molecule has 0 aromatic carbocycles. The maximum atomic E-state index is 12.4. The molecule has 8 heteroatoms. The van der Waals surface area contributed by atoms with Gasteiger partial charge in [0.15, 0.2) is 5.82 Å². The van der Waals surface area contributed by atoms with Crippen molar-refractivity contribution in [3.05, 3.63) is 29.6 Å². The third kappa shape index (κ3) is 7.12. The monoisotopic (exact) mass is 454 g/mol. The molecule has 3 heterocycles. The number of ether oxygens (including phenoxy) is 1. The minimum atomic E-state index is -0.263. The Hall–Kier alpha value is -2.74. The van der Waals surface area contributed by atoms with Gasteiger partial charge in [-0.25, -0.2) is 9.97 Å². The molecule has 33 heavy (non-hydrogen) atoms. The molecule has 0 radical (unpaired) electrons. The Labute approximate surface area is 197 Å². The van der Waals surface area contributed by atoms with Crippen LogP contribution in [0.1, 0.15) is 51.3 Å². The van der Waals surface area contributed by atoms with Crippen molar-refractivity contribution in [1.82, 2.24) is 25.2 Å². The number of nitrogens with zero attached hydrogens (tertiary/aromatic N) is 5. The van der Waals surface area contributed by atoms with Gasteiger partial charge in [-0.3, -0.25) is 9.78 Å². The highest BCUT2D eigenvalue weighted by molar-refractivity contribution is 5.82. The summed E-state index contributed by atoms with van der Waals surface area (Å²) in [7, 11) is 5.69. The van der Waals surface area contributed by atoms with Crippen molar-refractivity contribution in [3.8, 4) is 17.3 Å². The summed E-state index contributed by atoms with van der Waals surface area (Å²) in [5, 5.41) is 3.00. The molecular weight excluding hydrogens is 416 g/mol. The molecule has 4 rings (SSSR count). The van der Waals surface area contributed by atoms with Crippen LogP contribution in [0.3, 0.4) is 0 Å². The second kappa shape index (κ2) is 10.9. The summed E-state index contributed by atoms with van der Waals surface area (Å²) in [5.41, 5.74) is 2.58. The molecule has 0 unspecified atom stereocenters. The van der Waals surface area contributed by atoms with E-state index in [1.165, 1.54) is 25.9 Å². The van der Waals surface area contributed by atoms with E-state index in [-0.39, 0.29) is 18.0 Å². The summed E-state index contributed by atoms with van der Waals surface area (Å²) in [6.45, 7) is 8.80. The van der Waals surface area contributed by atoms with Crippen molar-refractivity contribution in [2.75, 3.05) is 45.7 Å². The van der Waals surface area contributed by atoms with E-state index in [0.717, 1.165) is 36.3 Å². The number of methoxy groups -OCH3 is 1. The first-order valence-corrected chi connectivity index (χ1v) is 11.8. The van der Waals surface area contributed by atoms with Crippen LogP contribution in [0.2, 0.25) is 0 Å². The molecule has 180 valence electrons. The molecule has 0 atom stereocenters. The standard InChI is InChI=1S/C20H27N5O2.C5H11N/c1-20(2,3)24-17(26)12-25(4)19-14-7-6-8-15(14)22-18(23-19)16-11-13(27-5)9-10-21-16;1-6-4-2-3-5-6/h9-11H,6-8,12H2,1-5H3,(H,24,26);2-5H2,1H3. The fourth-order valence-corrected chi connectivity index (χ4v) is 4.13. The molecule has 2 aliphatic rings. The van der Waals surface area contributed by atoms with Crippen LogP contribution < -0.4 is 15.0 Å². The molecule has 1 aliphatic carbocycles. The average Bonchev–Trinajstić information content (AvgIpc) is 3.43. The van der Waals surface area contributed by atoms with Crippen LogP contribution in [0.5, 0.6) is 5.75 Å². The fraction of sp³-hybridized carbons (Fsp3) is 0.600. The van der Waals surface area contributed by atoms with Gasteiger partial charge in [0.05, 0.1) is 13.7 Å². The quantitative estimate of drug-likeness (QED) is 0.743. The van der Waals surface area contributed by atoms with Crippen molar-refractivity contribution in [3.63, 3.8) is 0 Å². The number of aryl methyl sites for hydroxylation is 1. The van der Waals surface area contributed by atoms with Crippen molar-refractivity contribution < 1.29 is 9.53 Å². The first-order valence-electron chi connectivity index (χ1n) is 11.8. The fourth-order valence-electron chi connectivity index (χ4n) is 4.13. The number of likely N-dealkylation sites (N-methyl/N-ethyl adjacent to an activating group) is 1. The first-order chi connectivity index (χ1) is 15.7. The third-order valence-corrected chi connectivity index (χ3v) is 5.69. The topological polar surface area (TPSA) is 83.5 Å². The maximum absolute atomic E-state index is 12.4. The molecular formula is C25H38N6O2. The number of anilines is 1. The Kier molecular flexibility index (Phi) is 8.24. The number of amides is 1. The highest BCUT2D eigenvalue weighted by Crippen LogP contribution is 2.31. The normalized spacial score (nSPS) is 15.5. The van der Waals surface area contributed by atoms with Crippen molar-refractivity contribution in [2.24, 2.45) is 0 Å². The van der Waals surface area contributed by atoms with Crippen LogP contribution in [0.25, 0.3) is 11.5 Å². The predicted molar refractivity (Wildman–Crippen MR) is 132 cm³/mol. The zero-order valence-electron chi connectivity index (χ0n) is 20.9. The Morgan fingerprint density at radius 3 is 2.52 bits per heavy atom. The third-order valence-electron chi connectivity index (χ3n) is 5.69. The van der Waals surface area contributed by atoms with Crippen LogP contribution in [-0.4, -0.2) is 72.1 Å². The lowest BCUT2D eigenvalue weighted by Gasteiger charge is -2.25. The molecule has 1 aliphatic heterocycles. The number of carbonyl (C=O) groups is 1. The number of likely N-dealkylation sites (tertiary alicyclic amines) is 1. The molecule has 2 aromatic rings. The van der Waals surface area contributed by atoms with Crippen LogP contribution in [0, 0.1) is 0 Å². The largest absolute Gasteiger partial charge is 0.497 e. The smallest absolute Gasteiger partial charge is 0.239 e. The van der Waals surface area contributed by atoms with Gasteiger partial charge in [0, 0.05) is 36.1 Å². The highest BCUT2D eigenvalue weighted by atomic mass is 16.5. The molecule has 2 aromatic heterocycles. The number of rotatable bonds is 5. The van der Waals surface area contributed by atoms with Crippen molar-refractivity contribution in [1.29, 1.82) is 0 Å². The van der Waals surface area contributed by atoms with Crippen LogP contribution in [-0.2, 0) is 17.6 Å². The number of nitrogens with one attached hydrogen (secondary N) is 1. The van der Waals surface area contributed by atoms with E-state index in [1.807, 2.05) is 38.8 Å². The molecule has 0 saturated carbocycles. The van der Waals surface area contributed by atoms with Gasteiger partial charge in [-0.1, -0.05) is 0 Å². The number of aromatic nitrogens is 3. The van der Waals surface area contributed by atoms with E-state index in [4.69, 9.17) is 14.7 Å². The van der Waals surface area contributed by atoms with Gasteiger partial charge in [0.1, 0.15) is 17.3 Å². The van der Waals surface area contributed by atoms with Gasteiger partial charge in [-0.05, 0) is 79.1 Å². The van der Waals surface area contributed by atoms with E-state index in [2.05, 4.69) is 22.2 Å². The highest BCUT2D eigenvalue weighted by Gasteiger charge is 2.24. The predicted octanol–water partition coefficient (Wildman–Crippen LogP) is 3.10. The summed E-state index contributed by atoms with van der Waals surface area (Å²) in [6, 6.07) is 3.62. The average molecular weight is 455 g/mol. The SMILES string of the molecule is CN1CCCC1.COc1ccnc(-c2nc3c(c(N(C)CC(=O)NC(C)(C)C)n2)CCC3)c1. The van der Waals surface area contributed by atoms with E-state index in [1.54, 1.807) is 19.4 Å². The number of pyridine rings is 1. The summed E-state index contributed by atoms with van der Waals surface area (Å²) in [6.07, 6.45) is 7.41. The van der Waals surface area contributed by atoms with Gasteiger partial charge in [-0.2, -0.15) is 0 Å². The number of hydrogen-bond acceptors (Lipinski definition) is 7. The van der Waals surface area contributed by atoms with Crippen molar-refractivity contribution in [2.45, 2.75) is 58.4 Å². The summed E-state index contributed by atoms with van der Waals surface area (Å²) < 4.78 is 5.29. The van der Waals surface area contributed by atoms with E-state index >= 15 is 0 Å². The van der Waals surface area contributed by atoms with Crippen LogP contribution in [0.4, 0.5) is 5.82 Å². The second-order valence-electron chi connectivity index (χ2n) is 9.90. The number of carbonyl (C=O) groups excluding carboxylic acids is 1. The van der Waals surface area contributed by atoms with Gasteiger partial charge < -0.3 is 19.9 Å². The van der Waals surface area contributed by atoms with Crippen molar-refractivity contribution >= 4 is 11.7 Å². The van der Waals surface area contributed by atoms with E-state index in [9.17, 15) is 4.79 Å². The van der Waals surface area contributed by atoms with E-state index in [0.29, 0.717) is 17.3 Å². The summed E-state index contributed by atoms with van der Waals surface area (Å²) in [4.78, 5) is 30.5. The van der Waals surface area contributed by atoms with Gasteiger partial charge in [-0.15, -0.1) is 0 Å². The number of hydrogen-bond donors (Lipinski definition) is 1. The lowest BCUT2D eigenvalue weighted by molar-refractivity contribution is -0.121. The minimum absolute atomic E-state index is 0.0311.